The Kier molecular flexibility index (Phi) is 5.46. The van der Waals surface area contributed by atoms with E-state index in [1.165, 1.54) is 63.4 Å². The van der Waals surface area contributed by atoms with Gasteiger partial charge in [0.15, 0.2) is 0 Å². The van der Waals surface area contributed by atoms with E-state index in [1.807, 2.05) is 0 Å². The fourth-order valence-electron chi connectivity index (χ4n) is 2.83. The van der Waals surface area contributed by atoms with E-state index >= 15 is 0 Å². The first-order valence-electron chi connectivity index (χ1n) is 6.94. The van der Waals surface area contributed by atoms with Crippen LogP contribution in [0.5, 0.6) is 0 Å². The Hall–Kier alpha value is 0.270. The summed E-state index contributed by atoms with van der Waals surface area (Å²) in [6, 6.07) is 0.906. The zero-order chi connectivity index (χ0) is 11.2. The van der Waals surface area contributed by atoms with Crippen LogP contribution in [0.1, 0.15) is 32.6 Å². The maximum Gasteiger partial charge on any atom is 0.0136 e. The minimum absolute atomic E-state index is 0.906. The topological polar surface area (TPSA) is 15.3 Å². The molecule has 1 heterocycles. The standard InChI is InChI=1S/C13H26N2S/c1-2-6-14-11-12-4-5-13(12)15-7-3-9-16-10-8-15/h12-14H,2-11H2,1H3. The van der Waals surface area contributed by atoms with Crippen LogP contribution in [-0.2, 0) is 0 Å². The maximum atomic E-state index is 3.59. The Bertz CT molecular complexity index is 190. The van der Waals surface area contributed by atoms with Crippen LogP contribution in [-0.4, -0.2) is 48.6 Å². The molecule has 0 spiro atoms. The Morgan fingerprint density at radius 1 is 1.25 bits per heavy atom. The van der Waals surface area contributed by atoms with E-state index in [9.17, 15) is 0 Å². The predicted molar refractivity (Wildman–Crippen MR) is 73.2 cm³/mol. The van der Waals surface area contributed by atoms with Crippen LogP contribution in [0.25, 0.3) is 0 Å². The first kappa shape index (κ1) is 12.7. The van der Waals surface area contributed by atoms with Crippen LogP contribution >= 0.6 is 11.8 Å². The molecule has 1 N–H and O–H groups in total. The number of rotatable bonds is 5. The van der Waals surface area contributed by atoms with Crippen LogP contribution < -0.4 is 5.32 Å². The molecule has 2 nitrogen and oxygen atoms in total. The van der Waals surface area contributed by atoms with Crippen molar-refractivity contribution in [2.24, 2.45) is 5.92 Å². The summed E-state index contributed by atoms with van der Waals surface area (Å²) in [7, 11) is 0. The number of nitrogens with zero attached hydrogens (tertiary/aromatic N) is 1. The minimum Gasteiger partial charge on any atom is -0.316 e. The highest BCUT2D eigenvalue weighted by molar-refractivity contribution is 7.99. The molecule has 1 aliphatic carbocycles. The van der Waals surface area contributed by atoms with E-state index in [0.717, 1.165) is 12.0 Å². The molecule has 2 unspecified atom stereocenters. The van der Waals surface area contributed by atoms with Gasteiger partial charge in [-0.05, 0) is 57.0 Å². The van der Waals surface area contributed by atoms with Crippen LogP contribution in [0, 0.1) is 5.92 Å². The van der Waals surface area contributed by atoms with Crippen molar-refractivity contribution in [2.45, 2.75) is 38.6 Å². The molecule has 3 heteroatoms. The zero-order valence-corrected chi connectivity index (χ0v) is 11.4. The smallest absolute Gasteiger partial charge is 0.0136 e. The molecule has 2 atom stereocenters. The number of nitrogens with one attached hydrogen (secondary N) is 1. The fraction of sp³-hybridized carbons (Fsp3) is 1.00. The molecule has 1 saturated carbocycles. The summed E-state index contributed by atoms with van der Waals surface area (Å²) in [5.41, 5.74) is 0. The van der Waals surface area contributed by atoms with Crippen molar-refractivity contribution in [1.82, 2.24) is 10.2 Å². The number of hydrogen-bond donors (Lipinski definition) is 1. The Morgan fingerprint density at radius 2 is 2.19 bits per heavy atom. The van der Waals surface area contributed by atoms with Crippen molar-refractivity contribution in [2.75, 3.05) is 37.7 Å². The van der Waals surface area contributed by atoms with Gasteiger partial charge in [-0.3, -0.25) is 4.90 Å². The summed E-state index contributed by atoms with van der Waals surface area (Å²) in [6.07, 6.45) is 5.56. The Labute approximate surface area is 105 Å². The lowest BCUT2D eigenvalue weighted by molar-refractivity contribution is 0.0684. The average Bonchev–Trinajstić information content (AvgIpc) is 2.52. The molecule has 1 saturated heterocycles. The summed E-state index contributed by atoms with van der Waals surface area (Å²) >= 11 is 2.14. The van der Waals surface area contributed by atoms with Gasteiger partial charge in [-0.2, -0.15) is 11.8 Å². The zero-order valence-electron chi connectivity index (χ0n) is 10.6. The van der Waals surface area contributed by atoms with Gasteiger partial charge in [-0.15, -0.1) is 0 Å². The molecule has 2 rings (SSSR count). The Balaban J connectivity index is 1.71. The van der Waals surface area contributed by atoms with Crippen LogP contribution in [0.4, 0.5) is 0 Å². The Morgan fingerprint density at radius 3 is 2.94 bits per heavy atom. The highest BCUT2D eigenvalue weighted by Crippen LogP contribution is 2.32. The highest BCUT2D eigenvalue weighted by Gasteiger charge is 2.34. The molecule has 0 aromatic rings. The molecular formula is C13H26N2S. The normalized spacial score (nSPS) is 32.1. The van der Waals surface area contributed by atoms with Gasteiger partial charge in [-0.1, -0.05) is 6.92 Å². The third-order valence-electron chi connectivity index (χ3n) is 3.94. The lowest BCUT2D eigenvalue weighted by Crippen LogP contribution is -2.51. The lowest BCUT2D eigenvalue weighted by atomic mass is 9.78. The van der Waals surface area contributed by atoms with Crippen molar-refractivity contribution in [1.29, 1.82) is 0 Å². The molecule has 0 aromatic heterocycles. The molecule has 0 radical (unpaired) electrons. The summed E-state index contributed by atoms with van der Waals surface area (Å²) in [6.45, 7) is 7.38. The molecule has 0 amide bonds. The van der Waals surface area contributed by atoms with Gasteiger partial charge in [0.05, 0.1) is 0 Å². The van der Waals surface area contributed by atoms with E-state index in [2.05, 4.69) is 28.9 Å². The van der Waals surface area contributed by atoms with E-state index in [1.54, 1.807) is 0 Å². The van der Waals surface area contributed by atoms with E-state index in [-0.39, 0.29) is 0 Å². The van der Waals surface area contributed by atoms with E-state index < -0.39 is 0 Å². The van der Waals surface area contributed by atoms with E-state index in [0.29, 0.717) is 0 Å². The number of thioether (sulfide) groups is 1. The number of hydrogen-bond acceptors (Lipinski definition) is 3. The minimum atomic E-state index is 0.906. The van der Waals surface area contributed by atoms with Crippen molar-refractivity contribution in [3.63, 3.8) is 0 Å². The summed E-state index contributed by atoms with van der Waals surface area (Å²) < 4.78 is 0. The summed E-state index contributed by atoms with van der Waals surface area (Å²) in [5, 5.41) is 3.59. The molecule has 94 valence electrons. The predicted octanol–water partition coefficient (Wildman–Crippen LogP) is 2.20. The van der Waals surface area contributed by atoms with Crippen molar-refractivity contribution < 1.29 is 0 Å². The van der Waals surface area contributed by atoms with Gasteiger partial charge in [0.2, 0.25) is 0 Å². The van der Waals surface area contributed by atoms with Gasteiger partial charge >= 0.3 is 0 Å². The largest absolute Gasteiger partial charge is 0.316 e. The van der Waals surface area contributed by atoms with Crippen LogP contribution in [0.15, 0.2) is 0 Å². The van der Waals surface area contributed by atoms with Gasteiger partial charge in [0.1, 0.15) is 0 Å². The third-order valence-corrected chi connectivity index (χ3v) is 4.99. The lowest BCUT2D eigenvalue weighted by Gasteiger charge is -2.44. The van der Waals surface area contributed by atoms with Crippen molar-refractivity contribution in [3.8, 4) is 0 Å². The first-order valence-corrected chi connectivity index (χ1v) is 8.09. The SMILES string of the molecule is CCCNCC1CCC1N1CCCSCC1. The van der Waals surface area contributed by atoms with Gasteiger partial charge in [0.25, 0.3) is 0 Å². The molecule has 1 aliphatic heterocycles. The van der Waals surface area contributed by atoms with Crippen LogP contribution in [0.2, 0.25) is 0 Å². The molecule has 16 heavy (non-hydrogen) atoms. The molecule has 2 aliphatic rings. The van der Waals surface area contributed by atoms with Crippen molar-refractivity contribution >= 4 is 11.8 Å². The maximum absolute atomic E-state index is 3.59. The van der Waals surface area contributed by atoms with Gasteiger partial charge in [0, 0.05) is 18.3 Å². The van der Waals surface area contributed by atoms with Crippen molar-refractivity contribution in [3.05, 3.63) is 0 Å². The highest BCUT2D eigenvalue weighted by atomic mass is 32.2. The third kappa shape index (κ3) is 3.38. The second-order valence-corrected chi connectivity index (χ2v) is 6.34. The second-order valence-electron chi connectivity index (χ2n) is 5.11. The van der Waals surface area contributed by atoms with Crippen LogP contribution in [0.3, 0.4) is 0 Å². The average molecular weight is 242 g/mol. The second kappa shape index (κ2) is 6.87. The first-order chi connectivity index (χ1) is 7.92. The van der Waals surface area contributed by atoms with Gasteiger partial charge in [-0.25, -0.2) is 0 Å². The molecule has 2 fully saturated rings. The fourth-order valence-corrected chi connectivity index (χ4v) is 3.73. The van der Waals surface area contributed by atoms with Gasteiger partial charge < -0.3 is 5.32 Å². The molecule has 0 bridgehead atoms. The van der Waals surface area contributed by atoms with E-state index in [4.69, 9.17) is 0 Å². The summed E-state index contributed by atoms with van der Waals surface area (Å²) in [4.78, 5) is 2.77. The monoisotopic (exact) mass is 242 g/mol. The summed E-state index contributed by atoms with van der Waals surface area (Å²) in [5.74, 6) is 3.67. The molecular weight excluding hydrogens is 216 g/mol. The molecule has 0 aromatic carbocycles. The quantitative estimate of drug-likeness (QED) is 0.744.